The predicted octanol–water partition coefficient (Wildman–Crippen LogP) is 0.651. The SMILES string of the molecule is O=C(O)[C@@H](CCO)NC(=O)N1CCc2sccc2C1. The van der Waals surface area contributed by atoms with Crippen molar-refractivity contribution < 1.29 is 19.8 Å². The highest BCUT2D eigenvalue weighted by atomic mass is 32.1. The predicted molar refractivity (Wildman–Crippen MR) is 70.1 cm³/mol. The number of hydrogen-bond donors (Lipinski definition) is 3. The van der Waals surface area contributed by atoms with Gasteiger partial charge in [0.2, 0.25) is 0 Å². The molecule has 2 amide bonds. The standard InChI is InChI=1S/C12H16N2O4S/c15-5-2-9(11(16)17)13-12(18)14-4-1-10-8(7-14)3-6-19-10/h3,6,9,15H,1-2,4-5,7H2,(H,13,18)(H,16,17)/t9-/m1/s1. The second kappa shape index (κ2) is 6.03. The summed E-state index contributed by atoms with van der Waals surface area (Å²) in [5, 5.41) is 22.2. The summed E-state index contributed by atoms with van der Waals surface area (Å²) in [6.07, 6.45) is 0.816. The molecule has 1 aromatic rings. The largest absolute Gasteiger partial charge is 0.480 e. The van der Waals surface area contributed by atoms with Crippen LogP contribution in [0.2, 0.25) is 0 Å². The van der Waals surface area contributed by atoms with E-state index in [0.717, 1.165) is 12.0 Å². The van der Waals surface area contributed by atoms with E-state index in [9.17, 15) is 9.59 Å². The second-order valence-electron chi connectivity index (χ2n) is 4.39. The fraction of sp³-hybridized carbons (Fsp3) is 0.500. The lowest BCUT2D eigenvalue weighted by atomic mass is 10.1. The molecule has 1 aromatic heterocycles. The van der Waals surface area contributed by atoms with Crippen LogP contribution in [-0.4, -0.2) is 46.3 Å². The lowest BCUT2D eigenvalue weighted by Gasteiger charge is -2.28. The maximum absolute atomic E-state index is 12.0. The number of carboxylic acids is 1. The minimum atomic E-state index is -1.13. The molecule has 0 fully saturated rings. The van der Waals surface area contributed by atoms with Gasteiger partial charge in [0.15, 0.2) is 0 Å². The van der Waals surface area contributed by atoms with Gasteiger partial charge in [-0.15, -0.1) is 11.3 Å². The van der Waals surface area contributed by atoms with Crippen LogP contribution >= 0.6 is 11.3 Å². The number of hydrogen-bond acceptors (Lipinski definition) is 4. The third kappa shape index (κ3) is 3.24. The van der Waals surface area contributed by atoms with Crippen molar-refractivity contribution in [1.82, 2.24) is 10.2 Å². The minimum absolute atomic E-state index is 0.0125. The summed E-state index contributed by atoms with van der Waals surface area (Å²) in [5.74, 6) is -1.13. The molecule has 7 heteroatoms. The smallest absolute Gasteiger partial charge is 0.326 e. The van der Waals surface area contributed by atoms with Gasteiger partial charge in [-0.3, -0.25) is 0 Å². The van der Waals surface area contributed by atoms with Crippen LogP contribution in [0, 0.1) is 0 Å². The van der Waals surface area contributed by atoms with E-state index in [1.165, 1.54) is 4.88 Å². The summed E-state index contributed by atoms with van der Waals surface area (Å²) in [4.78, 5) is 25.8. The van der Waals surface area contributed by atoms with Crippen molar-refractivity contribution in [2.24, 2.45) is 0 Å². The lowest BCUT2D eigenvalue weighted by Crippen LogP contribution is -2.49. The van der Waals surface area contributed by atoms with Crippen LogP contribution in [0.3, 0.4) is 0 Å². The van der Waals surface area contributed by atoms with E-state index < -0.39 is 18.0 Å². The second-order valence-corrected chi connectivity index (χ2v) is 5.39. The maximum Gasteiger partial charge on any atom is 0.326 e. The molecule has 0 saturated heterocycles. The Balaban J connectivity index is 1.95. The highest BCUT2D eigenvalue weighted by Crippen LogP contribution is 2.23. The van der Waals surface area contributed by atoms with Crippen LogP contribution in [-0.2, 0) is 17.8 Å². The molecular weight excluding hydrogens is 268 g/mol. The molecule has 104 valence electrons. The molecule has 0 spiro atoms. The van der Waals surface area contributed by atoms with Gasteiger partial charge >= 0.3 is 12.0 Å². The van der Waals surface area contributed by atoms with E-state index in [1.807, 2.05) is 11.4 Å². The molecule has 0 bridgehead atoms. The molecule has 3 N–H and O–H groups in total. The van der Waals surface area contributed by atoms with Crippen molar-refractivity contribution in [3.63, 3.8) is 0 Å². The number of nitrogens with one attached hydrogen (secondary N) is 1. The Kier molecular flexibility index (Phi) is 4.39. The average Bonchev–Trinajstić information content (AvgIpc) is 2.85. The van der Waals surface area contributed by atoms with Crippen molar-refractivity contribution in [1.29, 1.82) is 0 Å². The molecule has 19 heavy (non-hydrogen) atoms. The molecule has 6 nitrogen and oxygen atoms in total. The Morgan fingerprint density at radius 2 is 2.32 bits per heavy atom. The van der Waals surface area contributed by atoms with Gasteiger partial charge in [-0.05, 0) is 23.4 Å². The van der Waals surface area contributed by atoms with Crippen molar-refractivity contribution >= 4 is 23.3 Å². The molecule has 1 aliphatic heterocycles. The highest BCUT2D eigenvalue weighted by molar-refractivity contribution is 7.10. The molecule has 0 aliphatic carbocycles. The van der Waals surface area contributed by atoms with Gasteiger partial charge in [-0.2, -0.15) is 0 Å². The summed E-state index contributed by atoms with van der Waals surface area (Å²) < 4.78 is 0. The summed E-state index contributed by atoms with van der Waals surface area (Å²) in [6.45, 7) is 0.826. The van der Waals surface area contributed by atoms with Gasteiger partial charge in [0, 0.05) is 31.0 Å². The van der Waals surface area contributed by atoms with Gasteiger partial charge in [0.1, 0.15) is 6.04 Å². The first-order valence-corrected chi connectivity index (χ1v) is 6.94. The first-order chi connectivity index (χ1) is 9.11. The fourth-order valence-electron chi connectivity index (χ4n) is 2.05. The zero-order valence-electron chi connectivity index (χ0n) is 10.3. The number of carbonyl (C=O) groups is 2. The zero-order chi connectivity index (χ0) is 13.8. The number of thiophene rings is 1. The zero-order valence-corrected chi connectivity index (χ0v) is 11.2. The highest BCUT2D eigenvalue weighted by Gasteiger charge is 2.25. The monoisotopic (exact) mass is 284 g/mol. The summed E-state index contributed by atoms with van der Waals surface area (Å²) in [6, 6.07) is 0.557. The Labute approximate surface area is 114 Å². The molecule has 0 saturated carbocycles. The van der Waals surface area contributed by atoms with E-state index in [2.05, 4.69) is 5.32 Å². The lowest BCUT2D eigenvalue weighted by molar-refractivity contribution is -0.139. The van der Waals surface area contributed by atoms with Crippen LogP contribution in [0.5, 0.6) is 0 Å². The van der Waals surface area contributed by atoms with Crippen LogP contribution in [0.15, 0.2) is 11.4 Å². The first-order valence-electron chi connectivity index (χ1n) is 6.06. The van der Waals surface area contributed by atoms with Gasteiger partial charge < -0.3 is 20.4 Å². The van der Waals surface area contributed by atoms with E-state index in [1.54, 1.807) is 16.2 Å². The third-order valence-corrected chi connectivity index (χ3v) is 4.13. The van der Waals surface area contributed by atoms with E-state index in [-0.39, 0.29) is 13.0 Å². The number of aliphatic hydroxyl groups excluding tert-OH is 1. The third-order valence-electron chi connectivity index (χ3n) is 3.11. The molecule has 0 unspecified atom stereocenters. The summed E-state index contributed by atoms with van der Waals surface area (Å²) in [5.41, 5.74) is 1.13. The van der Waals surface area contributed by atoms with Crippen molar-refractivity contribution in [3.05, 3.63) is 21.9 Å². The van der Waals surface area contributed by atoms with Gasteiger partial charge in [-0.25, -0.2) is 9.59 Å². The number of aliphatic carboxylic acids is 1. The number of rotatable bonds is 4. The summed E-state index contributed by atoms with van der Waals surface area (Å²) in [7, 11) is 0. The van der Waals surface area contributed by atoms with Crippen molar-refractivity contribution in [2.75, 3.05) is 13.2 Å². The van der Waals surface area contributed by atoms with Gasteiger partial charge in [0.25, 0.3) is 0 Å². The molecule has 1 atom stereocenters. The normalized spacial score (nSPS) is 15.7. The number of amides is 2. The van der Waals surface area contributed by atoms with Gasteiger partial charge in [0.05, 0.1) is 0 Å². The van der Waals surface area contributed by atoms with Crippen molar-refractivity contribution in [3.8, 4) is 0 Å². The number of aliphatic hydroxyl groups is 1. The maximum atomic E-state index is 12.0. The van der Waals surface area contributed by atoms with E-state index >= 15 is 0 Å². The Bertz CT molecular complexity index is 474. The van der Waals surface area contributed by atoms with Crippen LogP contribution in [0.1, 0.15) is 16.9 Å². The number of carbonyl (C=O) groups excluding carboxylic acids is 1. The fourth-order valence-corrected chi connectivity index (χ4v) is 2.94. The number of fused-ring (bicyclic) bond motifs is 1. The van der Waals surface area contributed by atoms with E-state index in [0.29, 0.717) is 13.1 Å². The van der Waals surface area contributed by atoms with Gasteiger partial charge in [-0.1, -0.05) is 0 Å². The Morgan fingerprint density at radius 3 is 3.00 bits per heavy atom. The first kappa shape index (κ1) is 13.8. The molecule has 0 radical (unpaired) electrons. The molecule has 2 rings (SSSR count). The summed E-state index contributed by atoms with van der Waals surface area (Å²) >= 11 is 1.68. The topological polar surface area (TPSA) is 89.9 Å². The Hall–Kier alpha value is -1.60. The number of urea groups is 1. The minimum Gasteiger partial charge on any atom is -0.480 e. The quantitative estimate of drug-likeness (QED) is 0.757. The average molecular weight is 284 g/mol. The Morgan fingerprint density at radius 1 is 1.53 bits per heavy atom. The van der Waals surface area contributed by atoms with Crippen LogP contribution < -0.4 is 5.32 Å². The van der Waals surface area contributed by atoms with Crippen molar-refractivity contribution in [2.45, 2.75) is 25.4 Å². The van der Waals surface area contributed by atoms with Crippen LogP contribution in [0.4, 0.5) is 4.79 Å². The molecule has 2 heterocycles. The molecule has 0 aromatic carbocycles. The van der Waals surface area contributed by atoms with E-state index in [4.69, 9.17) is 10.2 Å². The molecular formula is C12H16N2O4S. The number of nitrogens with zero attached hydrogens (tertiary/aromatic N) is 1. The van der Waals surface area contributed by atoms with Crippen LogP contribution in [0.25, 0.3) is 0 Å². The number of carboxylic acid groups (broad SMARTS) is 1. The molecule has 1 aliphatic rings.